The molecule has 1 aliphatic heterocycles. The SMILES string of the molecule is O=CN1CCCN(c2ncnc3[nH]ccc23)CC12CC2c1ccns1. The fourth-order valence-electron chi connectivity index (χ4n) is 4.16. The van der Waals surface area contributed by atoms with E-state index in [-0.39, 0.29) is 5.54 Å². The smallest absolute Gasteiger partial charge is 0.210 e. The van der Waals surface area contributed by atoms with Crippen molar-refractivity contribution in [3.63, 3.8) is 0 Å². The van der Waals surface area contributed by atoms with E-state index in [4.69, 9.17) is 0 Å². The molecule has 1 aliphatic carbocycles. The minimum atomic E-state index is -0.141. The highest BCUT2D eigenvalue weighted by molar-refractivity contribution is 7.05. The van der Waals surface area contributed by atoms with E-state index in [9.17, 15) is 4.79 Å². The Balaban J connectivity index is 1.53. The molecule has 128 valence electrons. The topological polar surface area (TPSA) is 78.0 Å². The molecule has 1 amide bonds. The summed E-state index contributed by atoms with van der Waals surface area (Å²) in [4.78, 5) is 29.4. The van der Waals surface area contributed by atoms with Gasteiger partial charge in [0.05, 0.1) is 10.9 Å². The largest absolute Gasteiger partial charge is 0.354 e. The normalized spacial score (nSPS) is 26.2. The first-order chi connectivity index (χ1) is 12.3. The van der Waals surface area contributed by atoms with E-state index in [0.29, 0.717) is 5.92 Å². The number of amides is 1. The highest BCUT2D eigenvalue weighted by Gasteiger charge is 2.60. The van der Waals surface area contributed by atoms with E-state index in [0.717, 1.165) is 55.7 Å². The Labute approximate surface area is 148 Å². The van der Waals surface area contributed by atoms with Crippen molar-refractivity contribution in [2.45, 2.75) is 24.3 Å². The Kier molecular flexibility index (Phi) is 3.27. The van der Waals surface area contributed by atoms with Crippen molar-refractivity contribution in [3.05, 3.63) is 35.7 Å². The number of fused-ring (bicyclic) bond motifs is 1. The molecular weight excluding hydrogens is 336 g/mol. The number of anilines is 1. The van der Waals surface area contributed by atoms with Crippen LogP contribution < -0.4 is 4.90 Å². The molecule has 1 saturated heterocycles. The van der Waals surface area contributed by atoms with Crippen LogP contribution in [0, 0.1) is 0 Å². The third-order valence-corrected chi connectivity index (χ3v) is 6.33. The molecule has 1 N–H and O–H groups in total. The number of rotatable bonds is 3. The molecule has 0 bridgehead atoms. The minimum absolute atomic E-state index is 0.141. The van der Waals surface area contributed by atoms with E-state index in [1.807, 2.05) is 23.4 Å². The van der Waals surface area contributed by atoms with Gasteiger partial charge in [0.2, 0.25) is 6.41 Å². The van der Waals surface area contributed by atoms with Crippen molar-refractivity contribution < 1.29 is 4.79 Å². The van der Waals surface area contributed by atoms with Crippen molar-refractivity contribution in [3.8, 4) is 0 Å². The first kappa shape index (κ1) is 14.8. The third-order valence-electron chi connectivity index (χ3n) is 5.47. The Bertz CT molecular complexity index is 909. The number of nitrogens with zero attached hydrogens (tertiary/aromatic N) is 5. The number of carbonyl (C=O) groups is 1. The molecule has 1 saturated carbocycles. The summed E-state index contributed by atoms with van der Waals surface area (Å²) in [7, 11) is 0. The van der Waals surface area contributed by atoms with Crippen LogP contribution in [-0.4, -0.2) is 55.8 Å². The zero-order valence-electron chi connectivity index (χ0n) is 13.6. The zero-order chi connectivity index (χ0) is 16.9. The van der Waals surface area contributed by atoms with Crippen LogP contribution in [-0.2, 0) is 4.79 Å². The molecule has 0 aromatic carbocycles. The van der Waals surface area contributed by atoms with E-state index in [2.05, 4.69) is 30.3 Å². The molecule has 8 heteroatoms. The van der Waals surface area contributed by atoms with Crippen LogP contribution in [0.3, 0.4) is 0 Å². The molecule has 1 spiro atoms. The molecule has 25 heavy (non-hydrogen) atoms. The summed E-state index contributed by atoms with van der Waals surface area (Å²) in [5.41, 5.74) is 0.712. The van der Waals surface area contributed by atoms with E-state index < -0.39 is 0 Å². The van der Waals surface area contributed by atoms with Crippen LogP contribution >= 0.6 is 11.5 Å². The van der Waals surface area contributed by atoms with Crippen LogP contribution in [0.4, 0.5) is 5.82 Å². The lowest BCUT2D eigenvalue weighted by Gasteiger charge is -2.31. The third kappa shape index (κ3) is 2.24. The maximum absolute atomic E-state index is 11.8. The van der Waals surface area contributed by atoms with Gasteiger partial charge in [0.1, 0.15) is 17.8 Å². The van der Waals surface area contributed by atoms with Gasteiger partial charge in [-0.3, -0.25) is 4.79 Å². The summed E-state index contributed by atoms with van der Waals surface area (Å²) in [6, 6.07) is 4.10. The average molecular weight is 354 g/mol. The molecule has 7 nitrogen and oxygen atoms in total. The fraction of sp³-hybridized carbons (Fsp3) is 0.412. The summed E-state index contributed by atoms with van der Waals surface area (Å²) in [5, 5.41) is 1.03. The molecule has 2 aliphatic rings. The second kappa shape index (κ2) is 5.52. The number of hydrogen-bond donors (Lipinski definition) is 1. The van der Waals surface area contributed by atoms with Gasteiger partial charge >= 0.3 is 0 Å². The molecular formula is C17H18N6OS. The fourth-order valence-corrected chi connectivity index (χ4v) is 4.96. The highest BCUT2D eigenvalue weighted by Crippen LogP contribution is 2.57. The van der Waals surface area contributed by atoms with Crippen LogP contribution in [0.15, 0.2) is 30.9 Å². The van der Waals surface area contributed by atoms with E-state index in [1.165, 1.54) is 16.4 Å². The average Bonchev–Trinajstić information content (AvgIpc) is 3.02. The van der Waals surface area contributed by atoms with Crippen LogP contribution in [0.1, 0.15) is 23.6 Å². The van der Waals surface area contributed by atoms with Gasteiger partial charge in [-0.05, 0) is 36.5 Å². The van der Waals surface area contributed by atoms with Crippen molar-refractivity contribution in [1.82, 2.24) is 24.2 Å². The standard InChI is InChI=1S/C17H18N6OS/c24-11-23-7-1-6-22(16-12-2-4-18-15(12)19-10-20-16)9-17(23)8-13(17)14-3-5-21-25-14/h2-5,10-11,13H,1,6-9H2,(H,18,19,20). The molecule has 3 aromatic rings. The van der Waals surface area contributed by atoms with Crippen molar-refractivity contribution >= 4 is 34.8 Å². The molecule has 2 fully saturated rings. The Morgan fingerprint density at radius 2 is 2.28 bits per heavy atom. The summed E-state index contributed by atoms with van der Waals surface area (Å²) < 4.78 is 4.24. The number of H-pyrrole nitrogens is 1. The van der Waals surface area contributed by atoms with Gasteiger partial charge in [-0.1, -0.05) is 0 Å². The highest BCUT2D eigenvalue weighted by atomic mass is 32.1. The van der Waals surface area contributed by atoms with Crippen molar-refractivity contribution in [2.24, 2.45) is 0 Å². The Morgan fingerprint density at radius 3 is 3.12 bits per heavy atom. The van der Waals surface area contributed by atoms with Crippen LogP contribution in [0.5, 0.6) is 0 Å². The Morgan fingerprint density at radius 1 is 1.32 bits per heavy atom. The molecule has 3 aromatic heterocycles. The maximum atomic E-state index is 11.8. The summed E-state index contributed by atoms with van der Waals surface area (Å²) in [5.74, 6) is 1.32. The predicted octanol–water partition coefficient (Wildman–Crippen LogP) is 2.01. The molecule has 5 rings (SSSR count). The number of hydrogen-bond acceptors (Lipinski definition) is 6. The van der Waals surface area contributed by atoms with Crippen LogP contribution in [0.2, 0.25) is 0 Å². The number of aromatic amines is 1. The number of aromatic nitrogens is 4. The molecule has 2 unspecified atom stereocenters. The van der Waals surface area contributed by atoms with Gasteiger partial charge in [0, 0.05) is 42.8 Å². The summed E-state index contributed by atoms with van der Waals surface area (Å²) in [6.07, 6.45) is 8.30. The van der Waals surface area contributed by atoms with Gasteiger partial charge in [-0.2, -0.15) is 0 Å². The van der Waals surface area contributed by atoms with E-state index in [1.54, 1.807) is 6.33 Å². The second-order valence-electron chi connectivity index (χ2n) is 6.79. The summed E-state index contributed by atoms with van der Waals surface area (Å²) in [6.45, 7) is 2.47. The van der Waals surface area contributed by atoms with Gasteiger partial charge in [0.25, 0.3) is 0 Å². The quantitative estimate of drug-likeness (QED) is 0.728. The first-order valence-corrected chi connectivity index (χ1v) is 9.25. The molecule has 4 heterocycles. The number of carbonyl (C=O) groups excluding carboxylic acids is 1. The lowest BCUT2D eigenvalue weighted by atomic mass is 10.1. The van der Waals surface area contributed by atoms with Crippen molar-refractivity contribution in [1.29, 1.82) is 0 Å². The van der Waals surface area contributed by atoms with Gasteiger partial charge < -0.3 is 14.8 Å². The lowest BCUT2D eigenvalue weighted by molar-refractivity contribution is -0.120. The van der Waals surface area contributed by atoms with E-state index >= 15 is 0 Å². The van der Waals surface area contributed by atoms with Gasteiger partial charge in [0.15, 0.2) is 0 Å². The molecule has 2 atom stereocenters. The first-order valence-electron chi connectivity index (χ1n) is 8.47. The number of nitrogens with one attached hydrogen (secondary N) is 1. The Hall–Kier alpha value is -2.48. The van der Waals surface area contributed by atoms with Gasteiger partial charge in [-0.25, -0.2) is 14.3 Å². The second-order valence-corrected chi connectivity index (χ2v) is 7.65. The van der Waals surface area contributed by atoms with Crippen molar-refractivity contribution in [2.75, 3.05) is 24.5 Å². The summed E-state index contributed by atoms with van der Waals surface area (Å²) >= 11 is 1.54. The predicted molar refractivity (Wildman–Crippen MR) is 95.7 cm³/mol. The van der Waals surface area contributed by atoms with Crippen LogP contribution in [0.25, 0.3) is 11.0 Å². The zero-order valence-corrected chi connectivity index (χ0v) is 14.4. The monoisotopic (exact) mass is 354 g/mol. The van der Waals surface area contributed by atoms with Gasteiger partial charge in [-0.15, -0.1) is 0 Å². The lowest BCUT2D eigenvalue weighted by Crippen LogP contribution is -2.44. The minimum Gasteiger partial charge on any atom is -0.354 e. The molecule has 0 radical (unpaired) electrons. The maximum Gasteiger partial charge on any atom is 0.210 e.